The topological polar surface area (TPSA) is 41.1 Å². The maximum Gasteiger partial charge on any atom is 0.236 e. The van der Waals surface area contributed by atoms with E-state index in [1.165, 1.54) is 25.7 Å². The van der Waals surface area contributed by atoms with Gasteiger partial charge in [-0.05, 0) is 39.5 Å². The number of carbonyl (C=O) groups excluding carboxylic acids is 1. The first-order valence-electron chi connectivity index (χ1n) is 6.19. The van der Waals surface area contributed by atoms with Crippen molar-refractivity contribution in [3.63, 3.8) is 0 Å². The molecular weight excluding hydrogens is 188 g/mol. The molecular formula is C12H24N2O. The summed E-state index contributed by atoms with van der Waals surface area (Å²) in [5.41, 5.74) is 0. The molecule has 15 heavy (non-hydrogen) atoms. The highest BCUT2D eigenvalue weighted by Crippen LogP contribution is 2.27. The van der Waals surface area contributed by atoms with E-state index in [0.29, 0.717) is 12.6 Å². The molecule has 1 unspecified atom stereocenters. The molecule has 1 fully saturated rings. The van der Waals surface area contributed by atoms with Crippen LogP contribution in [0.5, 0.6) is 0 Å². The van der Waals surface area contributed by atoms with Crippen molar-refractivity contribution in [3.05, 3.63) is 0 Å². The highest BCUT2D eigenvalue weighted by atomic mass is 16.2. The minimum Gasteiger partial charge on any atom is -0.355 e. The summed E-state index contributed by atoms with van der Waals surface area (Å²) in [5.74, 6) is 0.879. The highest BCUT2D eigenvalue weighted by molar-refractivity contribution is 5.81. The van der Waals surface area contributed by atoms with Gasteiger partial charge in [0.25, 0.3) is 0 Å². The molecule has 0 bridgehead atoms. The smallest absolute Gasteiger partial charge is 0.236 e. The molecule has 88 valence electrons. The summed E-state index contributed by atoms with van der Waals surface area (Å²) >= 11 is 0. The number of rotatable bonds is 5. The van der Waals surface area contributed by atoms with Gasteiger partial charge in [-0.25, -0.2) is 0 Å². The van der Waals surface area contributed by atoms with Gasteiger partial charge in [0.1, 0.15) is 0 Å². The van der Waals surface area contributed by atoms with Gasteiger partial charge < -0.3 is 10.6 Å². The molecule has 1 amide bonds. The van der Waals surface area contributed by atoms with Crippen molar-refractivity contribution in [1.29, 1.82) is 0 Å². The molecule has 0 radical (unpaired) electrons. The zero-order valence-corrected chi connectivity index (χ0v) is 10.2. The molecule has 0 saturated heterocycles. The summed E-state index contributed by atoms with van der Waals surface area (Å²) in [4.78, 5) is 11.5. The average Bonchev–Trinajstić information content (AvgIpc) is 2.70. The van der Waals surface area contributed by atoms with Crippen LogP contribution in [0, 0.1) is 5.92 Å². The van der Waals surface area contributed by atoms with Crippen molar-refractivity contribution < 1.29 is 4.79 Å². The van der Waals surface area contributed by atoms with Gasteiger partial charge in [0.05, 0.1) is 6.04 Å². The molecule has 0 aromatic rings. The summed E-state index contributed by atoms with van der Waals surface area (Å²) < 4.78 is 0. The Morgan fingerprint density at radius 2 is 1.93 bits per heavy atom. The van der Waals surface area contributed by atoms with E-state index in [1.807, 2.05) is 13.8 Å². The van der Waals surface area contributed by atoms with E-state index in [1.54, 1.807) is 0 Å². The number of amides is 1. The van der Waals surface area contributed by atoms with E-state index in [2.05, 4.69) is 17.6 Å². The van der Waals surface area contributed by atoms with Gasteiger partial charge in [-0.15, -0.1) is 0 Å². The van der Waals surface area contributed by atoms with Crippen molar-refractivity contribution in [2.24, 2.45) is 5.92 Å². The minimum absolute atomic E-state index is 0.0689. The van der Waals surface area contributed by atoms with Crippen LogP contribution in [0.25, 0.3) is 0 Å². The monoisotopic (exact) mass is 212 g/mol. The quantitative estimate of drug-likeness (QED) is 0.728. The lowest BCUT2D eigenvalue weighted by Crippen LogP contribution is -2.47. The molecule has 1 aliphatic carbocycles. The molecule has 3 heteroatoms. The molecule has 1 saturated carbocycles. The van der Waals surface area contributed by atoms with Crippen LogP contribution < -0.4 is 10.6 Å². The fourth-order valence-corrected chi connectivity index (χ4v) is 2.39. The first kappa shape index (κ1) is 12.5. The number of carbonyl (C=O) groups is 1. The van der Waals surface area contributed by atoms with Crippen LogP contribution in [0.3, 0.4) is 0 Å². The zero-order chi connectivity index (χ0) is 11.3. The first-order valence-corrected chi connectivity index (χ1v) is 6.19. The molecule has 2 atom stereocenters. The summed E-state index contributed by atoms with van der Waals surface area (Å²) in [6.07, 6.45) is 5.34. The second-order valence-corrected chi connectivity index (χ2v) is 4.62. The summed E-state index contributed by atoms with van der Waals surface area (Å²) in [6.45, 7) is 6.80. The number of nitrogens with one attached hydrogen (secondary N) is 2. The Labute approximate surface area is 93.0 Å². The van der Waals surface area contributed by atoms with Crippen molar-refractivity contribution in [3.8, 4) is 0 Å². The van der Waals surface area contributed by atoms with Crippen LogP contribution in [-0.2, 0) is 4.79 Å². The third-order valence-corrected chi connectivity index (χ3v) is 3.36. The van der Waals surface area contributed by atoms with Gasteiger partial charge in [0, 0.05) is 12.6 Å². The molecule has 2 N–H and O–H groups in total. The van der Waals surface area contributed by atoms with Crippen molar-refractivity contribution in [2.75, 3.05) is 6.54 Å². The Morgan fingerprint density at radius 1 is 1.33 bits per heavy atom. The largest absolute Gasteiger partial charge is 0.355 e. The third-order valence-electron chi connectivity index (χ3n) is 3.36. The first-order chi connectivity index (χ1) is 7.15. The zero-order valence-electron chi connectivity index (χ0n) is 10.2. The molecule has 0 heterocycles. The molecule has 0 aromatic carbocycles. The predicted octanol–water partition coefficient (Wildman–Crippen LogP) is 1.68. The number of hydrogen-bond acceptors (Lipinski definition) is 2. The maximum absolute atomic E-state index is 11.5. The van der Waals surface area contributed by atoms with Gasteiger partial charge in [0.15, 0.2) is 0 Å². The van der Waals surface area contributed by atoms with E-state index in [4.69, 9.17) is 0 Å². The lowest BCUT2D eigenvalue weighted by atomic mass is 9.99. The summed E-state index contributed by atoms with van der Waals surface area (Å²) in [6, 6.07) is 0.394. The van der Waals surface area contributed by atoms with Crippen LogP contribution in [0.2, 0.25) is 0 Å². The van der Waals surface area contributed by atoms with Crippen LogP contribution in [0.4, 0.5) is 0 Å². The average molecular weight is 212 g/mol. The van der Waals surface area contributed by atoms with Crippen molar-refractivity contribution >= 4 is 5.91 Å². The highest BCUT2D eigenvalue weighted by Gasteiger charge is 2.24. The van der Waals surface area contributed by atoms with Crippen LogP contribution >= 0.6 is 0 Å². The molecule has 1 aliphatic rings. The van der Waals surface area contributed by atoms with Gasteiger partial charge >= 0.3 is 0 Å². The lowest BCUT2D eigenvalue weighted by Gasteiger charge is -2.24. The predicted molar refractivity (Wildman–Crippen MR) is 62.7 cm³/mol. The maximum atomic E-state index is 11.5. The van der Waals surface area contributed by atoms with Crippen LogP contribution in [0.1, 0.15) is 46.5 Å². The molecule has 1 rings (SSSR count). The SMILES string of the molecule is CCNC(=O)C(C)N[C@H](C)C1CCCC1. The molecule has 0 spiro atoms. The van der Waals surface area contributed by atoms with E-state index in [-0.39, 0.29) is 11.9 Å². The van der Waals surface area contributed by atoms with E-state index in [9.17, 15) is 4.79 Å². The fraction of sp³-hybridized carbons (Fsp3) is 0.917. The Kier molecular flexibility index (Phi) is 5.09. The van der Waals surface area contributed by atoms with E-state index in [0.717, 1.165) is 5.92 Å². The lowest BCUT2D eigenvalue weighted by molar-refractivity contribution is -0.122. The number of likely N-dealkylation sites (N-methyl/N-ethyl adjacent to an activating group) is 1. The van der Waals surface area contributed by atoms with Gasteiger partial charge in [-0.3, -0.25) is 4.79 Å². The molecule has 0 aromatic heterocycles. The van der Waals surface area contributed by atoms with E-state index < -0.39 is 0 Å². The van der Waals surface area contributed by atoms with Gasteiger partial charge in [0.2, 0.25) is 5.91 Å². The third kappa shape index (κ3) is 3.82. The summed E-state index contributed by atoms with van der Waals surface area (Å²) in [5, 5.41) is 6.23. The number of hydrogen-bond donors (Lipinski definition) is 2. The van der Waals surface area contributed by atoms with E-state index >= 15 is 0 Å². The van der Waals surface area contributed by atoms with Crippen LogP contribution in [0.15, 0.2) is 0 Å². The van der Waals surface area contributed by atoms with Crippen molar-refractivity contribution in [2.45, 2.75) is 58.5 Å². The minimum atomic E-state index is -0.0689. The van der Waals surface area contributed by atoms with Gasteiger partial charge in [-0.2, -0.15) is 0 Å². The summed E-state index contributed by atoms with van der Waals surface area (Å²) in [7, 11) is 0. The Hall–Kier alpha value is -0.570. The standard InChI is InChI=1S/C12H24N2O/c1-4-13-12(15)10(3)14-9(2)11-7-5-6-8-11/h9-11,14H,4-8H2,1-3H3,(H,13,15)/t9-,10?/m1/s1. The van der Waals surface area contributed by atoms with Gasteiger partial charge in [-0.1, -0.05) is 12.8 Å². The Balaban J connectivity index is 2.29. The molecule has 3 nitrogen and oxygen atoms in total. The second-order valence-electron chi connectivity index (χ2n) is 4.62. The van der Waals surface area contributed by atoms with Crippen LogP contribution in [-0.4, -0.2) is 24.5 Å². The fourth-order valence-electron chi connectivity index (χ4n) is 2.39. The van der Waals surface area contributed by atoms with Crippen molar-refractivity contribution in [1.82, 2.24) is 10.6 Å². The Morgan fingerprint density at radius 3 is 2.47 bits per heavy atom. The normalized spacial score (nSPS) is 21.3. The molecule has 0 aliphatic heterocycles. The second kappa shape index (κ2) is 6.11. The Bertz CT molecular complexity index is 200.